The zero-order valence-corrected chi connectivity index (χ0v) is 15.1. The topological polar surface area (TPSA) is 94.5 Å². The fourth-order valence-electron chi connectivity index (χ4n) is 4.01. The van der Waals surface area contributed by atoms with Crippen LogP contribution >= 0.6 is 0 Å². The zero-order valence-electron chi connectivity index (χ0n) is 15.1. The first-order valence-corrected chi connectivity index (χ1v) is 9.26. The lowest BCUT2D eigenvalue weighted by atomic mass is 10.1. The van der Waals surface area contributed by atoms with Crippen molar-refractivity contribution in [1.29, 1.82) is 0 Å². The standard InChI is InChI=1S/C19H21N5O3/c1-22-4-6-23(7-5-22)14-8-13-15(17-16(14)20-10-21-17)18(25)12(19(26)27)9-24(13)11-2-3-11/h8-11H,2-7H2,1H3,(H,20,21)(H,26,27). The van der Waals surface area contributed by atoms with Crippen molar-refractivity contribution in [3.8, 4) is 0 Å². The number of aromatic amines is 1. The SMILES string of the molecule is CN1CCN(c2cc3c(c(=O)c(C(=O)O)cn3C3CC3)c3nc[nH]c23)CC1. The molecule has 0 bridgehead atoms. The maximum Gasteiger partial charge on any atom is 0.341 e. The maximum atomic E-state index is 12.9. The van der Waals surface area contributed by atoms with E-state index in [1.165, 1.54) is 6.20 Å². The van der Waals surface area contributed by atoms with Crippen LogP contribution in [0.3, 0.4) is 0 Å². The summed E-state index contributed by atoms with van der Waals surface area (Å²) in [5.41, 5.74) is 2.52. The first-order chi connectivity index (χ1) is 13.0. The van der Waals surface area contributed by atoms with Crippen LogP contribution in [0.5, 0.6) is 0 Å². The van der Waals surface area contributed by atoms with E-state index in [2.05, 4.69) is 26.8 Å². The predicted molar refractivity (Wildman–Crippen MR) is 103 cm³/mol. The van der Waals surface area contributed by atoms with Gasteiger partial charge in [-0.2, -0.15) is 0 Å². The molecule has 8 nitrogen and oxygen atoms in total. The van der Waals surface area contributed by atoms with Gasteiger partial charge in [0, 0.05) is 38.4 Å². The van der Waals surface area contributed by atoms with Crippen LogP contribution in [0.1, 0.15) is 29.2 Å². The third-order valence-electron chi connectivity index (χ3n) is 5.69. The minimum Gasteiger partial charge on any atom is -0.477 e. The van der Waals surface area contributed by atoms with E-state index in [1.54, 1.807) is 6.33 Å². The number of nitrogens with zero attached hydrogens (tertiary/aromatic N) is 4. The number of nitrogens with one attached hydrogen (secondary N) is 1. The molecule has 3 heterocycles. The maximum absolute atomic E-state index is 12.9. The number of likely N-dealkylation sites (N-methyl/N-ethyl adjacent to an activating group) is 1. The number of benzene rings is 1. The molecule has 1 saturated carbocycles. The van der Waals surface area contributed by atoms with E-state index in [0.717, 1.165) is 55.7 Å². The largest absolute Gasteiger partial charge is 0.477 e. The number of carboxylic acids is 1. The third-order valence-corrected chi connectivity index (χ3v) is 5.69. The summed E-state index contributed by atoms with van der Waals surface area (Å²) in [6.45, 7) is 3.75. The van der Waals surface area contributed by atoms with Gasteiger partial charge in [-0.25, -0.2) is 9.78 Å². The van der Waals surface area contributed by atoms with Gasteiger partial charge in [-0.1, -0.05) is 0 Å². The molecule has 2 fully saturated rings. The highest BCUT2D eigenvalue weighted by molar-refractivity contribution is 6.10. The monoisotopic (exact) mass is 367 g/mol. The summed E-state index contributed by atoms with van der Waals surface area (Å²) >= 11 is 0. The van der Waals surface area contributed by atoms with Crippen LogP contribution in [0.25, 0.3) is 21.9 Å². The molecule has 2 N–H and O–H groups in total. The highest BCUT2D eigenvalue weighted by Crippen LogP contribution is 2.39. The molecule has 2 aliphatic rings. The molecule has 0 unspecified atom stereocenters. The molecular weight excluding hydrogens is 346 g/mol. The van der Waals surface area contributed by atoms with E-state index in [0.29, 0.717) is 10.9 Å². The molecule has 3 aromatic rings. The lowest BCUT2D eigenvalue weighted by Gasteiger charge is -2.34. The summed E-state index contributed by atoms with van der Waals surface area (Å²) < 4.78 is 1.97. The first kappa shape index (κ1) is 16.3. The van der Waals surface area contributed by atoms with Crippen molar-refractivity contribution in [2.75, 3.05) is 38.1 Å². The van der Waals surface area contributed by atoms with E-state index in [1.807, 2.05) is 10.6 Å². The second kappa shape index (κ2) is 5.82. The fraction of sp³-hybridized carbons (Fsp3) is 0.421. The number of carbonyl (C=O) groups is 1. The Bertz CT molecular complexity index is 1120. The zero-order chi connectivity index (χ0) is 18.7. The highest BCUT2D eigenvalue weighted by atomic mass is 16.4. The second-order valence-corrected chi connectivity index (χ2v) is 7.52. The summed E-state index contributed by atoms with van der Waals surface area (Å²) in [6, 6.07) is 2.29. The van der Waals surface area contributed by atoms with Crippen molar-refractivity contribution in [3.05, 3.63) is 34.4 Å². The number of imidazole rings is 1. The molecule has 1 aromatic carbocycles. The number of aromatic carboxylic acids is 1. The summed E-state index contributed by atoms with van der Waals surface area (Å²) in [4.78, 5) is 36.7. The smallest absolute Gasteiger partial charge is 0.341 e. The van der Waals surface area contributed by atoms with E-state index in [9.17, 15) is 14.7 Å². The van der Waals surface area contributed by atoms with Crippen LogP contribution < -0.4 is 10.3 Å². The number of rotatable bonds is 3. The Kier molecular flexibility index (Phi) is 3.51. The minimum atomic E-state index is -1.19. The van der Waals surface area contributed by atoms with Gasteiger partial charge in [-0.05, 0) is 26.0 Å². The molecule has 0 radical (unpaired) electrons. The van der Waals surface area contributed by atoms with E-state index >= 15 is 0 Å². The van der Waals surface area contributed by atoms with E-state index in [-0.39, 0.29) is 11.6 Å². The number of piperazine rings is 1. The molecule has 0 atom stereocenters. The van der Waals surface area contributed by atoms with Crippen molar-refractivity contribution in [1.82, 2.24) is 19.4 Å². The van der Waals surface area contributed by atoms with Gasteiger partial charge in [-0.3, -0.25) is 4.79 Å². The van der Waals surface area contributed by atoms with Gasteiger partial charge in [-0.15, -0.1) is 0 Å². The number of hydrogen-bond acceptors (Lipinski definition) is 5. The van der Waals surface area contributed by atoms with Gasteiger partial charge in [0.1, 0.15) is 11.1 Å². The van der Waals surface area contributed by atoms with Crippen molar-refractivity contribution in [3.63, 3.8) is 0 Å². The second-order valence-electron chi connectivity index (χ2n) is 7.52. The van der Waals surface area contributed by atoms with Crippen molar-refractivity contribution in [2.24, 2.45) is 0 Å². The van der Waals surface area contributed by atoms with Crippen LogP contribution in [0.15, 0.2) is 23.4 Å². The Hall–Kier alpha value is -2.87. The minimum absolute atomic E-state index is 0.189. The van der Waals surface area contributed by atoms with Crippen LogP contribution in [-0.2, 0) is 0 Å². The highest BCUT2D eigenvalue weighted by Gasteiger charge is 2.29. The lowest BCUT2D eigenvalue weighted by molar-refractivity contribution is 0.0695. The van der Waals surface area contributed by atoms with Crippen LogP contribution in [0.4, 0.5) is 5.69 Å². The lowest BCUT2D eigenvalue weighted by Crippen LogP contribution is -2.44. The number of aromatic nitrogens is 3. The average molecular weight is 367 g/mol. The molecule has 5 rings (SSSR count). The van der Waals surface area contributed by atoms with Gasteiger partial charge >= 0.3 is 5.97 Å². The quantitative estimate of drug-likeness (QED) is 0.731. The molecular formula is C19H21N5O3. The van der Waals surface area contributed by atoms with Gasteiger partial charge < -0.3 is 24.5 Å². The number of hydrogen-bond donors (Lipinski definition) is 2. The number of pyridine rings is 1. The van der Waals surface area contributed by atoms with Crippen LogP contribution in [0, 0.1) is 0 Å². The molecule has 1 aliphatic heterocycles. The first-order valence-electron chi connectivity index (χ1n) is 9.26. The molecule has 1 aliphatic carbocycles. The normalized spacial score (nSPS) is 18.5. The third kappa shape index (κ3) is 2.51. The molecule has 2 aromatic heterocycles. The summed E-state index contributed by atoms with van der Waals surface area (Å²) in [7, 11) is 2.11. The number of anilines is 1. The number of carboxylic acid groups (broad SMARTS) is 1. The van der Waals surface area contributed by atoms with Crippen molar-refractivity contribution in [2.45, 2.75) is 18.9 Å². The summed E-state index contributed by atoms with van der Waals surface area (Å²) in [5, 5.41) is 9.90. The van der Waals surface area contributed by atoms with Gasteiger partial charge in [0.15, 0.2) is 0 Å². The van der Waals surface area contributed by atoms with Gasteiger partial charge in [0.05, 0.1) is 28.4 Å². The molecule has 140 valence electrons. The molecule has 1 saturated heterocycles. The van der Waals surface area contributed by atoms with E-state index < -0.39 is 11.4 Å². The van der Waals surface area contributed by atoms with Gasteiger partial charge in [0.25, 0.3) is 0 Å². The molecule has 27 heavy (non-hydrogen) atoms. The Morgan fingerprint density at radius 1 is 1.26 bits per heavy atom. The fourth-order valence-corrected chi connectivity index (χ4v) is 4.01. The van der Waals surface area contributed by atoms with Crippen molar-refractivity contribution >= 4 is 33.6 Å². The molecule has 0 amide bonds. The Morgan fingerprint density at radius 3 is 2.67 bits per heavy atom. The predicted octanol–water partition coefficient (Wildman–Crippen LogP) is 1.66. The Labute approximate surface area is 155 Å². The van der Waals surface area contributed by atoms with Crippen molar-refractivity contribution < 1.29 is 9.90 Å². The van der Waals surface area contributed by atoms with E-state index in [4.69, 9.17) is 0 Å². The number of fused-ring (bicyclic) bond motifs is 3. The number of H-pyrrole nitrogens is 1. The van der Waals surface area contributed by atoms with Crippen LogP contribution in [0.2, 0.25) is 0 Å². The van der Waals surface area contributed by atoms with Gasteiger partial charge in [0.2, 0.25) is 5.43 Å². The Balaban J connectivity index is 1.82. The Morgan fingerprint density at radius 2 is 2.00 bits per heavy atom. The molecule has 0 spiro atoms. The summed E-state index contributed by atoms with van der Waals surface area (Å²) in [5.74, 6) is -1.19. The molecule has 8 heteroatoms. The van der Waals surface area contributed by atoms with Crippen LogP contribution in [-0.4, -0.2) is 63.7 Å². The summed E-state index contributed by atoms with van der Waals surface area (Å²) in [6.07, 6.45) is 5.09. The average Bonchev–Trinajstić information content (AvgIpc) is 3.37.